The Balaban J connectivity index is 2.12. The van der Waals surface area contributed by atoms with Gasteiger partial charge in [0.25, 0.3) is 11.0 Å². The van der Waals surface area contributed by atoms with E-state index in [0.717, 1.165) is 0 Å². The summed E-state index contributed by atoms with van der Waals surface area (Å²) < 4.78 is 25.1. The third kappa shape index (κ3) is 4.93. The lowest BCUT2D eigenvalue weighted by Crippen LogP contribution is -2.36. The Bertz CT molecular complexity index is 216. The molecule has 0 radical (unpaired) electrons. The summed E-state index contributed by atoms with van der Waals surface area (Å²) in [4.78, 5) is 0. The molecule has 14 heavy (non-hydrogen) atoms. The summed E-state index contributed by atoms with van der Waals surface area (Å²) in [6, 6.07) is 0.555. The van der Waals surface area contributed by atoms with E-state index in [1.807, 2.05) is 0 Å². The average molecular weight is 221 g/mol. The zero-order valence-electron chi connectivity index (χ0n) is 8.57. The van der Waals surface area contributed by atoms with Crippen molar-refractivity contribution in [2.24, 2.45) is 0 Å². The van der Waals surface area contributed by atoms with Gasteiger partial charge in [0.15, 0.2) is 0 Å². The molecule has 0 heterocycles. The monoisotopic (exact) mass is 221 g/mol. The van der Waals surface area contributed by atoms with E-state index in [1.54, 1.807) is 6.92 Å². The quantitative estimate of drug-likeness (QED) is 0.676. The van der Waals surface area contributed by atoms with Crippen LogP contribution in [0.5, 0.6) is 0 Å². The summed E-state index contributed by atoms with van der Waals surface area (Å²) >= 11 is 0. The molecule has 1 N–H and O–H groups in total. The lowest BCUT2D eigenvalue weighted by atomic mass is 9.95. The molecule has 0 aliphatic heterocycles. The van der Waals surface area contributed by atoms with Crippen LogP contribution >= 0.6 is 0 Å². The first-order valence-electron chi connectivity index (χ1n) is 5.23. The zero-order chi connectivity index (χ0) is 10.4. The minimum Gasteiger partial charge on any atom is -0.311 e. The van der Waals surface area contributed by atoms with Gasteiger partial charge in [0.05, 0.1) is 6.10 Å². The van der Waals surface area contributed by atoms with Crippen LogP contribution < -0.4 is 5.32 Å². The van der Waals surface area contributed by atoms with Crippen LogP contribution in [0.1, 0.15) is 39.0 Å². The van der Waals surface area contributed by atoms with E-state index < -0.39 is 11.0 Å². The molecule has 1 saturated carbocycles. The van der Waals surface area contributed by atoms with Gasteiger partial charge in [0.1, 0.15) is 0 Å². The predicted octanol–water partition coefficient (Wildman–Crippen LogP) is 0.840. The van der Waals surface area contributed by atoms with Crippen LogP contribution in [0.2, 0.25) is 0 Å². The Kier molecular flexibility index (Phi) is 5.44. The van der Waals surface area contributed by atoms with E-state index in [-0.39, 0.29) is 6.10 Å². The molecule has 0 amide bonds. The Labute approximate surface area is 87.2 Å². The summed E-state index contributed by atoms with van der Waals surface area (Å²) in [7, 11) is -2.71. The van der Waals surface area contributed by atoms with Crippen molar-refractivity contribution in [2.45, 2.75) is 51.2 Å². The summed E-state index contributed by atoms with van der Waals surface area (Å²) in [6.45, 7) is 2.38. The van der Waals surface area contributed by atoms with Gasteiger partial charge in [-0.3, -0.25) is 4.18 Å². The molecule has 1 aliphatic carbocycles. The smallest absolute Gasteiger partial charge is 0.257 e. The van der Waals surface area contributed by atoms with Crippen molar-refractivity contribution in [3.8, 4) is 0 Å². The van der Waals surface area contributed by atoms with Crippen molar-refractivity contribution in [1.29, 1.82) is 0 Å². The molecule has 0 unspecified atom stereocenters. The molecule has 84 valence electrons. The second-order valence-electron chi connectivity index (χ2n) is 3.88. The van der Waals surface area contributed by atoms with E-state index in [2.05, 4.69) is 9.50 Å². The van der Waals surface area contributed by atoms with Gasteiger partial charge in [-0.25, -0.2) is 8.42 Å². The van der Waals surface area contributed by atoms with Gasteiger partial charge in [-0.1, -0.05) is 19.3 Å². The molecular formula is C9H19NO3S. The molecular weight excluding hydrogens is 202 g/mol. The lowest BCUT2D eigenvalue weighted by Gasteiger charge is -2.23. The Morgan fingerprint density at radius 1 is 1.36 bits per heavy atom. The van der Waals surface area contributed by atoms with Gasteiger partial charge in [-0.15, -0.1) is 0 Å². The van der Waals surface area contributed by atoms with Crippen LogP contribution in [0.3, 0.4) is 0 Å². The molecule has 5 heteroatoms. The van der Waals surface area contributed by atoms with Crippen LogP contribution in [-0.2, 0) is 15.2 Å². The third-order valence-electron chi connectivity index (χ3n) is 2.57. The van der Waals surface area contributed by atoms with Crippen molar-refractivity contribution in [3.05, 3.63) is 0 Å². The number of rotatable bonds is 5. The van der Waals surface area contributed by atoms with Crippen molar-refractivity contribution >= 4 is 11.0 Å². The molecule has 0 saturated heterocycles. The number of nitrogens with one attached hydrogen (secondary N) is 1. The molecule has 1 fully saturated rings. The van der Waals surface area contributed by atoms with Crippen LogP contribution in [0.4, 0.5) is 0 Å². The third-order valence-corrected chi connectivity index (χ3v) is 3.10. The fraction of sp³-hybridized carbons (Fsp3) is 1.00. The zero-order valence-corrected chi connectivity index (χ0v) is 9.46. The highest BCUT2D eigenvalue weighted by molar-refractivity contribution is 7.67. The first-order valence-corrected chi connectivity index (χ1v) is 6.32. The van der Waals surface area contributed by atoms with Crippen LogP contribution in [0.25, 0.3) is 0 Å². The van der Waals surface area contributed by atoms with Crippen molar-refractivity contribution in [1.82, 2.24) is 5.32 Å². The highest BCUT2D eigenvalue weighted by Gasteiger charge is 2.13. The number of thiol groups is 1. The second-order valence-corrected chi connectivity index (χ2v) is 4.54. The van der Waals surface area contributed by atoms with Crippen LogP contribution in [-0.4, -0.2) is 27.1 Å². The highest BCUT2D eigenvalue weighted by Crippen LogP contribution is 2.17. The molecule has 4 nitrogen and oxygen atoms in total. The largest absolute Gasteiger partial charge is 0.311 e. The predicted molar refractivity (Wildman–Crippen MR) is 55.7 cm³/mol. The Morgan fingerprint density at radius 3 is 2.57 bits per heavy atom. The van der Waals surface area contributed by atoms with E-state index in [9.17, 15) is 8.42 Å². The second kappa shape index (κ2) is 6.37. The maximum atomic E-state index is 10.2. The molecule has 0 spiro atoms. The normalized spacial score (nSPS) is 21.3. The molecule has 0 bridgehead atoms. The van der Waals surface area contributed by atoms with E-state index in [0.29, 0.717) is 12.6 Å². The molecule has 0 aromatic rings. The van der Waals surface area contributed by atoms with Crippen molar-refractivity contribution in [2.75, 3.05) is 6.54 Å². The van der Waals surface area contributed by atoms with Gasteiger partial charge in [0.2, 0.25) is 0 Å². The van der Waals surface area contributed by atoms with E-state index in [4.69, 9.17) is 0 Å². The van der Waals surface area contributed by atoms with Crippen molar-refractivity contribution < 1.29 is 12.6 Å². The number of hydrogen-bond donors (Lipinski definition) is 2. The fourth-order valence-corrected chi connectivity index (χ4v) is 2.19. The van der Waals surface area contributed by atoms with Gasteiger partial charge >= 0.3 is 0 Å². The van der Waals surface area contributed by atoms with Crippen molar-refractivity contribution in [3.63, 3.8) is 0 Å². The average Bonchev–Trinajstić information content (AvgIpc) is 2.15. The Morgan fingerprint density at radius 2 is 2.00 bits per heavy atom. The molecule has 0 aromatic heterocycles. The first kappa shape index (κ1) is 11.9. The number of hydrogen-bond acceptors (Lipinski definition) is 4. The topological polar surface area (TPSA) is 55.4 Å². The first-order chi connectivity index (χ1) is 6.68. The van der Waals surface area contributed by atoms with Gasteiger partial charge in [-0.05, 0) is 19.8 Å². The summed E-state index contributed by atoms with van der Waals surface area (Å²) in [6.07, 6.45) is 6.05. The van der Waals surface area contributed by atoms with E-state index >= 15 is 0 Å². The highest BCUT2D eigenvalue weighted by atomic mass is 32.2. The maximum absolute atomic E-state index is 10.2. The lowest BCUT2D eigenvalue weighted by molar-refractivity contribution is 0.220. The SMILES string of the molecule is C[C@@H](CNC1CCCCC1)O[SH](=O)=O. The summed E-state index contributed by atoms with van der Waals surface area (Å²) in [5, 5.41) is 3.33. The summed E-state index contributed by atoms with van der Waals surface area (Å²) in [5.74, 6) is 0. The fourth-order valence-electron chi connectivity index (χ4n) is 1.82. The van der Waals surface area contributed by atoms with Gasteiger partial charge < -0.3 is 5.32 Å². The standard InChI is InChI=1S/C9H19NO3S/c1-8(13-14(11)12)7-10-9-5-3-2-4-6-9/h8-10,14H,2-7H2,1H3/t8-/m0/s1. The summed E-state index contributed by atoms with van der Waals surface area (Å²) in [5.41, 5.74) is 0. The van der Waals surface area contributed by atoms with Crippen LogP contribution in [0.15, 0.2) is 0 Å². The molecule has 1 atom stereocenters. The van der Waals surface area contributed by atoms with Gasteiger partial charge in [-0.2, -0.15) is 0 Å². The Hall–Kier alpha value is -0.130. The molecule has 0 aromatic carbocycles. The minimum atomic E-state index is -2.71. The molecule has 1 aliphatic rings. The minimum absolute atomic E-state index is 0.252. The van der Waals surface area contributed by atoms with E-state index in [1.165, 1.54) is 32.1 Å². The van der Waals surface area contributed by atoms with Gasteiger partial charge in [0, 0.05) is 12.6 Å². The molecule has 1 rings (SSSR count). The maximum Gasteiger partial charge on any atom is 0.257 e. The van der Waals surface area contributed by atoms with Crippen LogP contribution in [0, 0.1) is 0 Å².